The first-order valence-electron chi connectivity index (χ1n) is 7.42. The van der Waals surface area contributed by atoms with E-state index in [1.807, 2.05) is 0 Å². The number of rotatable bonds is 3. The number of carbonyl (C=O) groups excluding carboxylic acids is 1. The highest BCUT2D eigenvalue weighted by Crippen LogP contribution is 2.47. The summed E-state index contributed by atoms with van der Waals surface area (Å²) in [7, 11) is 0. The zero-order valence-electron chi connectivity index (χ0n) is 12.2. The Balaban J connectivity index is 1.54. The van der Waals surface area contributed by atoms with E-state index in [-0.39, 0.29) is 17.9 Å². The number of thiazole rings is 1. The fraction of sp³-hybridized carbons (Fsp3) is 0.375. The number of nitrogens with zero attached hydrogens (tertiary/aromatic N) is 2. The first kappa shape index (κ1) is 14.7. The minimum absolute atomic E-state index is 0.0821. The van der Waals surface area contributed by atoms with Gasteiger partial charge in [-0.05, 0) is 11.6 Å². The lowest BCUT2D eigenvalue weighted by Crippen LogP contribution is -2.28. The van der Waals surface area contributed by atoms with Crippen LogP contribution in [0.3, 0.4) is 0 Å². The Morgan fingerprint density at radius 2 is 2.09 bits per heavy atom. The SMILES string of the molecule is O=C1N(c2ncc(Cc3cccc(F)c3F)s2)C12CCOCC2. The Hall–Kier alpha value is -1.86. The van der Waals surface area contributed by atoms with E-state index in [0.29, 0.717) is 31.2 Å². The van der Waals surface area contributed by atoms with E-state index in [9.17, 15) is 13.6 Å². The summed E-state index contributed by atoms with van der Waals surface area (Å²) >= 11 is 1.35. The molecule has 0 N–H and O–H groups in total. The molecule has 0 bridgehead atoms. The molecule has 4 nitrogen and oxygen atoms in total. The van der Waals surface area contributed by atoms with Gasteiger partial charge in [0.05, 0.1) is 0 Å². The highest BCUT2D eigenvalue weighted by molar-refractivity contribution is 7.16. The monoisotopic (exact) mass is 336 g/mol. The van der Waals surface area contributed by atoms with Crippen LogP contribution in [0.15, 0.2) is 24.4 Å². The molecule has 4 rings (SSSR count). The molecule has 0 saturated carbocycles. The highest BCUT2D eigenvalue weighted by atomic mass is 32.1. The lowest BCUT2D eigenvalue weighted by Gasteiger charge is -2.19. The van der Waals surface area contributed by atoms with Gasteiger partial charge < -0.3 is 4.74 Å². The number of hydrogen-bond donors (Lipinski definition) is 0. The van der Waals surface area contributed by atoms with Crippen molar-refractivity contribution in [2.24, 2.45) is 0 Å². The van der Waals surface area contributed by atoms with Gasteiger partial charge in [-0.25, -0.2) is 13.8 Å². The predicted octanol–water partition coefficient (Wildman–Crippen LogP) is 2.91. The third-order valence-electron chi connectivity index (χ3n) is 4.43. The number of hydrogen-bond acceptors (Lipinski definition) is 4. The van der Waals surface area contributed by atoms with Crippen LogP contribution in [0.5, 0.6) is 0 Å². The smallest absolute Gasteiger partial charge is 0.256 e. The summed E-state index contributed by atoms with van der Waals surface area (Å²) in [5.74, 6) is -1.60. The van der Waals surface area contributed by atoms with Crippen molar-refractivity contribution in [3.63, 3.8) is 0 Å². The molecular formula is C16H14F2N2O2S. The van der Waals surface area contributed by atoms with Crippen LogP contribution in [0.4, 0.5) is 13.9 Å². The normalized spacial score (nSPS) is 19.4. The predicted molar refractivity (Wildman–Crippen MR) is 81.5 cm³/mol. The molecule has 23 heavy (non-hydrogen) atoms. The van der Waals surface area contributed by atoms with Crippen molar-refractivity contribution in [2.45, 2.75) is 24.8 Å². The third-order valence-corrected chi connectivity index (χ3v) is 5.41. The first-order chi connectivity index (χ1) is 11.1. The van der Waals surface area contributed by atoms with Crippen molar-refractivity contribution < 1.29 is 18.3 Å². The van der Waals surface area contributed by atoms with Crippen LogP contribution in [0.1, 0.15) is 23.3 Å². The number of carbonyl (C=O) groups is 1. The number of benzene rings is 1. The molecular weight excluding hydrogens is 322 g/mol. The highest BCUT2D eigenvalue weighted by Gasteiger charge is 2.64. The lowest BCUT2D eigenvalue weighted by atomic mass is 10.0. The quantitative estimate of drug-likeness (QED) is 0.810. The number of aromatic nitrogens is 1. The Morgan fingerprint density at radius 1 is 1.30 bits per heavy atom. The van der Waals surface area contributed by atoms with Crippen LogP contribution in [-0.4, -0.2) is 29.6 Å². The van der Waals surface area contributed by atoms with Crippen LogP contribution in [0, 0.1) is 11.6 Å². The average Bonchev–Trinajstić information content (AvgIpc) is 2.90. The maximum Gasteiger partial charge on any atom is 0.256 e. The topological polar surface area (TPSA) is 42.2 Å². The second-order valence-electron chi connectivity index (χ2n) is 5.78. The summed E-state index contributed by atoms with van der Waals surface area (Å²) in [6.45, 7) is 1.16. The number of amides is 1. The molecule has 2 aromatic rings. The van der Waals surface area contributed by atoms with Crippen LogP contribution in [-0.2, 0) is 16.0 Å². The van der Waals surface area contributed by atoms with Gasteiger partial charge in [0, 0.05) is 43.6 Å². The summed E-state index contributed by atoms with van der Waals surface area (Å²) in [5.41, 5.74) is -0.157. The molecule has 2 fully saturated rings. The fourth-order valence-corrected chi connectivity index (χ4v) is 4.09. The zero-order valence-corrected chi connectivity index (χ0v) is 13.0. The van der Waals surface area contributed by atoms with E-state index in [1.165, 1.54) is 17.4 Å². The standard InChI is InChI=1S/C16H14F2N2O2S/c17-12-3-1-2-10(13(12)18)8-11-9-19-15(23-11)20-14(21)16(20)4-6-22-7-5-16/h1-3,9H,4-8H2. The second kappa shape index (κ2) is 5.35. The van der Waals surface area contributed by atoms with Crippen molar-refractivity contribution in [1.82, 2.24) is 4.98 Å². The molecule has 1 aromatic carbocycles. The van der Waals surface area contributed by atoms with Gasteiger partial charge in [0.25, 0.3) is 5.91 Å². The van der Waals surface area contributed by atoms with Crippen LogP contribution in [0.25, 0.3) is 0 Å². The van der Waals surface area contributed by atoms with E-state index < -0.39 is 17.2 Å². The fourth-order valence-electron chi connectivity index (χ4n) is 3.06. The Bertz CT molecular complexity index is 771. The van der Waals surface area contributed by atoms with E-state index in [0.717, 1.165) is 10.9 Å². The van der Waals surface area contributed by atoms with Crippen molar-refractivity contribution in [2.75, 3.05) is 18.1 Å². The van der Waals surface area contributed by atoms with E-state index >= 15 is 0 Å². The molecule has 1 aromatic heterocycles. The number of halogens is 2. The summed E-state index contributed by atoms with van der Waals surface area (Å²) < 4.78 is 32.3. The number of anilines is 1. The van der Waals surface area contributed by atoms with Gasteiger partial charge in [-0.1, -0.05) is 12.1 Å². The van der Waals surface area contributed by atoms with Crippen molar-refractivity contribution in [1.29, 1.82) is 0 Å². The minimum atomic E-state index is -0.852. The molecule has 0 unspecified atom stereocenters. The summed E-state index contributed by atoms with van der Waals surface area (Å²) in [5, 5.41) is 0.628. The molecule has 2 aliphatic heterocycles. The average molecular weight is 336 g/mol. The molecule has 0 radical (unpaired) electrons. The van der Waals surface area contributed by atoms with Gasteiger partial charge in [0.15, 0.2) is 16.8 Å². The maximum atomic E-state index is 13.7. The summed E-state index contributed by atoms with van der Waals surface area (Å²) in [4.78, 5) is 19.0. The van der Waals surface area contributed by atoms with Gasteiger partial charge >= 0.3 is 0 Å². The first-order valence-corrected chi connectivity index (χ1v) is 8.23. The van der Waals surface area contributed by atoms with E-state index in [4.69, 9.17) is 4.74 Å². The maximum absolute atomic E-state index is 13.7. The van der Waals surface area contributed by atoms with Gasteiger partial charge in [-0.3, -0.25) is 9.69 Å². The lowest BCUT2D eigenvalue weighted by molar-refractivity contribution is -0.112. The molecule has 3 heterocycles. The molecule has 2 aliphatic rings. The van der Waals surface area contributed by atoms with Crippen LogP contribution in [0.2, 0.25) is 0 Å². The minimum Gasteiger partial charge on any atom is -0.381 e. The molecule has 2 saturated heterocycles. The summed E-state index contributed by atoms with van der Waals surface area (Å²) in [6.07, 6.45) is 3.25. The van der Waals surface area contributed by atoms with Crippen molar-refractivity contribution >= 4 is 22.4 Å². The molecule has 0 aliphatic carbocycles. The van der Waals surface area contributed by atoms with Crippen molar-refractivity contribution in [3.8, 4) is 0 Å². The molecule has 1 spiro atoms. The molecule has 7 heteroatoms. The van der Waals surface area contributed by atoms with E-state index in [2.05, 4.69) is 4.98 Å². The Morgan fingerprint density at radius 3 is 2.87 bits per heavy atom. The Labute approximate surface area is 135 Å². The molecule has 0 atom stereocenters. The second-order valence-corrected chi connectivity index (χ2v) is 6.88. The van der Waals surface area contributed by atoms with Gasteiger partial charge in [0.2, 0.25) is 0 Å². The number of ether oxygens (including phenoxy) is 1. The third kappa shape index (κ3) is 2.35. The Kier molecular flexibility index (Phi) is 3.42. The van der Waals surface area contributed by atoms with E-state index in [1.54, 1.807) is 17.2 Å². The van der Waals surface area contributed by atoms with Gasteiger partial charge in [-0.15, -0.1) is 11.3 Å². The largest absolute Gasteiger partial charge is 0.381 e. The van der Waals surface area contributed by atoms with Gasteiger partial charge in [-0.2, -0.15) is 0 Å². The molecule has 120 valence electrons. The van der Waals surface area contributed by atoms with Gasteiger partial charge in [0.1, 0.15) is 5.54 Å². The summed E-state index contributed by atoms with van der Waals surface area (Å²) in [6, 6.07) is 4.14. The van der Waals surface area contributed by atoms with Crippen LogP contribution >= 0.6 is 11.3 Å². The van der Waals surface area contributed by atoms with Crippen LogP contribution < -0.4 is 4.90 Å². The van der Waals surface area contributed by atoms with Crippen molar-refractivity contribution in [3.05, 3.63) is 46.5 Å². The zero-order chi connectivity index (χ0) is 16.0. The molecule has 1 amide bonds.